The zero-order valence-corrected chi connectivity index (χ0v) is 18.7. The summed E-state index contributed by atoms with van der Waals surface area (Å²) in [6.45, 7) is 0.466. The Bertz CT molecular complexity index is 1350. The monoisotopic (exact) mass is 465 g/mol. The van der Waals surface area contributed by atoms with Gasteiger partial charge in [0.25, 0.3) is 5.91 Å². The molecule has 162 valence electrons. The van der Waals surface area contributed by atoms with Crippen LogP contribution >= 0.6 is 11.6 Å². The van der Waals surface area contributed by atoms with Gasteiger partial charge in [-0.05, 0) is 60.5 Å². The van der Waals surface area contributed by atoms with Crippen LogP contribution in [0, 0.1) is 0 Å². The van der Waals surface area contributed by atoms with E-state index in [-0.39, 0.29) is 11.7 Å². The average Bonchev–Trinajstić information content (AvgIpc) is 3.40. The molecule has 0 spiro atoms. The van der Waals surface area contributed by atoms with E-state index in [0.29, 0.717) is 34.9 Å². The summed E-state index contributed by atoms with van der Waals surface area (Å²) in [5.41, 5.74) is 5.22. The number of hydrogen-bond donors (Lipinski definition) is 1. The average molecular weight is 466 g/mol. The maximum absolute atomic E-state index is 12.8. The van der Waals surface area contributed by atoms with Crippen molar-refractivity contribution in [3.8, 4) is 11.3 Å². The highest BCUT2D eigenvalue weighted by Crippen LogP contribution is 2.31. The van der Waals surface area contributed by atoms with E-state index in [2.05, 4.69) is 17.5 Å². The van der Waals surface area contributed by atoms with E-state index in [9.17, 15) is 13.2 Å². The van der Waals surface area contributed by atoms with Crippen molar-refractivity contribution in [3.63, 3.8) is 0 Å². The fourth-order valence-electron chi connectivity index (χ4n) is 3.99. The molecular weight excluding hydrogens is 446 g/mol. The molecule has 1 aromatic heterocycles. The number of amides is 1. The summed E-state index contributed by atoms with van der Waals surface area (Å²) in [7, 11) is -3.25. The Morgan fingerprint density at radius 3 is 2.62 bits per heavy atom. The first-order chi connectivity index (χ1) is 15.4. The van der Waals surface area contributed by atoms with Crippen LogP contribution in [0.1, 0.15) is 28.0 Å². The number of aromatic nitrogens is 1. The largest absolute Gasteiger partial charge is 0.322 e. The number of rotatable bonds is 4. The summed E-state index contributed by atoms with van der Waals surface area (Å²) in [4.78, 5) is 17.5. The van der Waals surface area contributed by atoms with Crippen LogP contribution in [0.15, 0.2) is 60.7 Å². The number of anilines is 2. The van der Waals surface area contributed by atoms with Gasteiger partial charge in [-0.15, -0.1) is 0 Å². The number of nitrogens with zero attached hydrogens (tertiary/aromatic N) is 2. The van der Waals surface area contributed by atoms with E-state index in [4.69, 9.17) is 16.6 Å². The molecule has 1 aliphatic heterocycles. The maximum Gasteiger partial charge on any atom is 0.255 e. The number of nitrogens with one attached hydrogen (secondary N) is 1. The number of allylic oxidation sites excluding steroid dienone is 1. The van der Waals surface area contributed by atoms with Crippen LogP contribution in [0.25, 0.3) is 17.3 Å². The van der Waals surface area contributed by atoms with Crippen molar-refractivity contribution in [2.45, 2.75) is 12.8 Å². The van der Waals surface area contributed by atoms with Crippen LogP contribution in [-0.2, 0) is 16.4 Å². The highest BCUT2D eigenvalue weighted by atomic mass is 35.5. The van der Waals surface area contributed by atoms with Gasteiger partial charge in [0.2, 0.25) is 10.0 Å². The van der Waals surface area contributed by atoms with Gasteiger partial charge in [-0.3, -0.25) is 14.1 Å². The molecule has 2 aliphatic rings. The summed E-state index contributed by atoms with van der Waals surface area (Å²) in [5, 5.41) is 3.44. The highest BCUT2D eigenvalue weighted by molar-refractivity contribution is 7.93. The van der Waals surface area contributed by atoms with Gasteiger partial charge < -0.3 is 5.32 Å². The molecule has 2 heterocycles. The van der Waals surface area contributed by atoms with Gasteiger partial charge in [-0.1, -0.05) is 29.8 Å². The molecule has 1 aliphatic carbocycles. The summed E-state index contributed by atoms with van der Waals surface area (Å²) in [6, 6.07) is 15.8. The Morgan fingerprint density at radius 2 is 1.88 bits per heavy atom. The molecule has 8 heteroatoms. The number of halogens is 1. The lowest BCUT2D eigenvalue weighted by atomic mass is 10.1. The Hall–Kier alpha value is -3.16. The SMILES string of the molecule is O=C(Nc1ccc(Cl)c(-c2ccc3c(n2)CC=C3)c1)c1ccc(N2CCCS2(=O)=O)cc1. The molecule has 0 radical (unpaired) electrons. The number of carbonyl (C=O) groups is 1. The maximum atomic E-state index is 12.8. The van der Waals surface area contributed by atoms with Crippen molar-refractivity contribution in [1.82, 2.24) is 4.98 Å². The topological polar surface area (TPSA) is 79.4 Å². The zero-order chi connectivity index (χ0) is 22.3. The minimum Gasteiger partial charge on any atom is -0.322 e. The van der Waals surface area contributed by atoms with Crippen molar-refractivity contribution in [2.75, 3.05) is 21.9 Å². The first kappa shape index (κ1) is 20.7. The van der Waals surface area contributed by atoms with Crippen molar-refractivity contribution in [3.05, 3.63) is 82.5 Å². The first-order valence-corrected chi connectivity index (χ1v) is 12.3. The van der Waals surface area contributed by atoms with Crippen molar-refractivity contribution < 1.29 is 13.2 Å². The van der Waals surface area contributed by atoms with E-state index in [1.54, 1.807) is 36.4 Å². The van der Waals surface area contributed by atoms with Crippen LogP contribution in [-0.4, -0.2) is 31.6 Å². The molecule has 2 aromatic carbocycles. The van der Waals surface area contributed by atoms with Crippen LogP contribution in [0.4, 0.5) is 11.4 Å². The summed E-state index contributed by atoms with van der Waals surface area (Å²) >= 11 is 6.42. The second-order valence-electron chi connectivity index (χ2n) is 7.78. The highest BCUT2D eigenvalue weighted by Gasteiger charge is 2.28. The van der Waals surface area contributed by atoms with Gasteiger partial charge in [0, 0.05) is 29.8 Å². The lowest BCUT2D eigenvalue weighted by Crippen LogP contribution is -2.25. The third-order valence-corrected chi connectivity index (χ3v) is 7.83. The van der Waals surface area contributed by atoms with E-state index in [0.717, 1.165) is 28.9 Å². The Kier molecular flexibility index (Phi) is 5.23. The molecule has 3 aromatic rings. The Labute approximate surface area is 191 Å². The van der Waals surface area contributed by atoms with Gasteiger partial charge in [0.05, 0.1) is 27.9 Å². The molecule has 5 rings (SSSR count). The lowest BCUT2D eigenvalue weighted by Gasteiger charge is -2.17. The van der Waals surface area contributed by atoms with Gasteiger partial charge >= 0.3 is 0 Å². The van der Waals surface area contributed by atoms with E-state index in [1.165, 1.54) is 4.31 Å². The lowest BCUT2D eigenvalue weighted by molar-refractivity contribution is 0.102. The van der Waals surface area contributed by atoms with Crippen molar-refractivity contribution in [1.29, 1.82) is 0 Å². The number of hydrogen-bond acceptors (Lipinski definition) is 4. The number of sulfonamides is 1. The van der Waals surface area contributed by atoms with Gasteiger partial charge in [0.15, 0.2) is 0 Å². The number of carbonyl (C=O) groups excluding carboxylic acids is 1. The van der Waals surface area contributed by atoms with Crippen LogP contribution in [0.2, 0.25) is 5.02 Å². The van der Waals surface area contributed by atoms with E-state index in [1.807, 2.05) is 18.2 Å². The van der Waals surface area contributed by atoms with Crippen LogP contribution in [0.3, 0.4) is 0 Å². The van der Waals surface area contributed by atoms with Crippen LogP contribution < -0.4 is 9.62 Å². The smallest absolute Gasteiger partial charge is 0.255 e. The van der Waals surface area contributed by atoms with Gasteiger partial charge in [0.1, 0.15) is 0 Å². The van der Waals surface area contributed by atoms with Gasteiger partial charge in [-0.2, -0.15) is 0 Å². The Balaban J connectivity index is 1.35. The second-order valence-corrected chi connectivity index (χ2v) is 10.2. The first-order valence-electron chi connectivity index (χ1n) is 10.3. The van der Waals surface area contributed by atoms with Gasteiger partial charge in [-0.25, -0.2) is 8.42 Å². The molecule has 0 saturated carbocycles. The van der Waals surface area contributed by atoms with Crippen molar-refractivity contribution in [2.24, 2.45) is 0 Å². The predicted octanol–water partition coefficient (Wildman–Crippen LogP) is 4.76. The molecule has 0 bridgehead atoms. The number of benzene rings is 2. The Morgan fingerprint density at radius 1 is 1.06 bits per heavy atom. The standard InChI is InChI=1S/C24H20ClN3O3S/c25-21-11-8-18(15-20(21)23-12-7-16-3-1-4-22(16)27-23)26-24(29)17-5-9-19(10-6-17)28-13-2-14-32(28,30)31/h1,3,5-12,15H,2,4,13-14H2,(H,26,29). The molecule has 1 fully saturated rings. The molecule has 1 N–H and O–H groups in total. The summed E-state index contributed by atoms with van der Waals surface area (Å²) in [5.74, 6) is -0.135. The van der Waals surface area contributed by atoms with Crippen molar-refractivity contribution >= 4 is 45.0 Å². The minimum absolute atomic E-state index is 0.156. The second kappa shape index (κ2) is 8.07. The molecule has 6 nitrogen and oxygen atoms in total. The van der Waals surface area contributed by atoms with E-state index >= 15 is 0 Å². The minimum atomic E-state index is -3.25. The number of fused-ring (bicyclic) bond motifs is 1. The zero-order valence-electron chi connectivity index (χ0n) is 17.1. The normalized spacial score (nSPS) is 16.2. The van der Waals surface area contributed by atoms with Crippen LogP contribution in [0.5, 0.6) is 0 Å². The quantitative estimate of drug-likeness (QED) is 0.602. The summed E-state index contributed by atoms with van der Waals surface area (Å²) in [6.07, 6.45) is 5.53. The molecule has 32 heavy (non-hydrogen) atoms. The number of pyridine rings is 1. The fourth-order valence-corrected chi connectivity index (χ4v) is 5.76. The summed E-state index contributed by atoms with van der Waals surface area (Å²) < 4.78 is 25.6. The fraction of sp³-hybridized carbons (Fsp3) is 0.167. The molecule has 1 amide bonds. The molecule has 0 atom stereocenters. The third-order valence-electron chi connectivity index (χ3n) is 5.63. The third kappa shape index (κ3) is 3.89. The molecule has 0 unspecified atom stereocenters. The molecular formula is C24H20ClN3O3S. The van der Waals surface area contributed by atoms with E-state index < -0.39 is 10.0 Å². The predicted molar refractivity (Wildman–Crippen MR) is 128 cm³/mol. The molecule has 1 saturated heterocycles.